The molecule has 0 saturated heterocycles. The lowest BCUT2D eigenvalue weighted by molar-refractivity contribution is 0.419. The molecule has 0 unspecified atom stereocenters. The van der Waals surface area contributed by atoms with Gasteiger partial charge < -0.3 is 9.72 Å². The third-order valence-corrected chi connectivity index (χ3v) is 3.12. The molecule has 0 bridgehead atoms. The van der Waals surface area contributed by atoms with Crippen LogP contribution in [0.15, 0.2) is 59.4 Å². The zero-order chi connectivity index (χ0) is 13.2. The molecule has 0 atom stereocenters. The lowest BCUT2D eigenvalue weighted by Crippen LogP contribution is -2.04. The van der Waals surface area contributed by atoms with Gasteiger partial charge in [0.05, 0.1) is 18.0 Å². The van der Waals surface area contributed by atoms with E-state index < -0.39 is 0 Å². The Morgan fingerprint density at radius 1 is 1.00 bits per heavy atom. The van der Waals surface area contributed by atoms with Gasteiger partial charge in [-0.15, -0.1) is 0 Å². The van der Waals surface area contributed by atoms with Crippen LogP contribution in [0.3, 0.4) is 0 Å². The number of benzene rings is 2. The summed E-state index contributed by atoms with van der Waals surface area (Å²) in [4.78, 5) is 15.5. The van der Waals surface area contributed by atoms with Gasteiger partial charge in [-0.25, -0.2) is 0 Å². The highest BCUT2D eigenvalue weighted by Crippen LogP contribution is 2.23. The molecule has 3 nitrogen and oxygen atoms in total. The van der Waals surface area contributed by atoms with E-state index in [2.05, 4.69) is 4.98 Å². The van der Waals surface area contributed by atoms with E-state index in [1.165, 1.54) is 0 Å². The highest BCUT2D eigenvalue weighted by Gasteiger charge is 2.08. The minimum absolute atomic E-state index is 0.0370. The van der Waals surface area contributed by atoms with Gasteiger partial charge in [-0.05, 0) is 17.7 Å². The van der Waals surface area contributed by atoms with Crippen LogP contribution in [0.1, 0.15) is 0 Å². The molecule has 94 valence electrons. The molecule has 0 aliphatic heterocycles. The molecule has 2 aromatic carbocycles. The molecule has 0 fully saturated rings. The van der Waals surface area contributed by atoms with Gasteiger partial charge in [-0.1, -0.05) is 36.4 Å². The number of methoxy groups -OCH3 is 1. The standard InChI is InChI=1S/C16H13NO2/c1-19-15-9-5-8-12-16(15)14(18)10-13(17-12)11-6-3-2-4-7-11/h2-10H,1H3,(H,17,18). The van der Waals surface area contributed by atoms with E-state index in [4.69, 9.17) is 4.74 Å². The summed E-state index contributed by atoms with van der Waals surface area (Å²) >= 11 is 0. The van der Waals surface area contributed by atoms with Crippen molar-refractivity contribution in [2.24, 2.45) is 0 Å². The van der Waals surface area contributed by atoms with Gasteiger partial charge in [0, 0.05) is 11.8 Å². The van der Waals surface area contributed by atoms with Crippen LogP contribution in [0.4, 0.5) is 0 Å². The Kier molecular flexibility index (Phi) is 2.80. The minimum Gasteiger partial charge on any atom is -0.496 e. The predicted molar refractivity (Wildman–Crippen MR) is 76.6 cm³/mol. The molecular formula is C16H13NO2. The molecule has 0 radical (unpaired) electrons. The first kappa shape index (κ1) is 11.5. The summed E-state index contributed by atoms with van der Waals surface area (Å²) in [5, 5.41) is 0.588. The molecule has 3 aromatic rings. The van der Waals surface area contributed by atoms with E-state index in [0.29, 0.717) is 11.1 Å². The average Bonchev–Trinajstić information content (AvgIpc) is 2.47. The summed E-state index contributed by atoms with van der Waals surface area (Å²) in [5.41, 5.74) is 2.55. The van der Waals surface area contributed by atoms with Crippen LogP contribution in [0, 0.1) is 0 Å². The molecule has 0 spiro atoms. The van der Waals surface area contributed by atoms with Crippen molar-refractivity contribution in [1.82, 2.24) is 4.98 Å². The van der Waals surface area contributed by atoms with Crippen LogP contribution < -0.4 is 10.2 Å². The Morgan fingerprint density at radius 2 is 1.79 bits per heavy atom. The number of hydrogen-bond acceptors (Lipinski definition) is 2. The number of H-pyrrole nitrogens is 1. The van der Waals surface area contributed by atoms with Crippen molar-refractivity contribution < 1.29 is 4.74 Å². The van der Waals surface area contributed by atoms with E-state index >= 15 is 0 Å². The van der Waals surface area contributed by atoms with E-state index in [1.54, 1.807) is 19.2 Å². The molecule has 0 aliphatic carbocycles. The molecule has 0 aliphatic rings. The number of aromatic nitrogens is 1. The highest BCUT2D eigenvalue weighted by atomic mass is 16.5. The van der Waals surface area contributed by atoms with E-state index in [0.717, 1.165) is 16.8 Å². The number of fused-ring (bicyclic) bond motifs is 1. The van der Waals surface area contributed by atoms with Crippen molar-refractivity contribution in [3.63, 3.8) is 0 Å². The maximum Gasteiger partial charge on any atom is 0.193 e. The Balaban J connectivity index is 2.30. The monoisotopic (exact) mass is 251 g/mol. The molecule has 0 saturated carbocycles. The van der Waals surface area contributed by atoms with E-state index in [-0.39, 0.29) is 5.43 Å². The topological polar surface area (TPSA) is 42.1 Å². The van der Waals surface area contributed by atoms with Crippen molar-refractivity contribution in [3.05, 3.63) is 64.8 Å². The molecular weight excluding hydrogens is 238 g/mol. The van der Waals surface area contributed by atoms with Crippen molar-refractivity contribution in [2.45, 2.75) is 0 Å². The SMILES string of the molecule is COc1cccc2[nH]c(-c3ccccc3)cc(=O)c12. The van der Waals surface area contributed by atoms with Gasteiger partial charge in [0.1, 0.15) is 5.75 Å². The van der Waals surface area contributed by atoms with Crippen LogP contribution in [0.5, 0.6) is 5.75 Å². The van der Waals surface area contributed by atoms with Crippen molar-refractivity contribution in [3.8, 4) is 17.0 Å². The number of rotatable bonds is 2. The van der Waals surface area contributed by atoms with Crippen molar-refractivity contribution in [1.29, 1.82) is 0 Å². The lowest BCUT2D eigenvalue weighted by atomic mass is 10.1. The number of pyridine rings is 1. The van der Waals surface area contributed by atoms with Crippen LogP contribution in [0.2, 0.25) is 0 Å². The Bertz CT molecular complexity index is 776. The van der Waals surface area contributed by atoms with Gasteiger partial charge >= 0.3 is 0 Å². The Labute approximate surface area is 110 Å². The molecule has 3 heteroatoms. The lowest BCUT2D eigenvalue weighted by Gasteiger charge is -2.07. The molecule has 19 heavy (non-hydrogen) atoms. The highest BCUT2D eigenvalue weighted by molar-refractivity contribution is 5.86. The minimum atomic E-state index is -0.0370. The number of aromatic amines is 1. The second-order valence-corrected chi connectivity index (χ2v) is 4.30. The summed E-state index contributed by atoms with van der Waals surface area (Å²) in [7, 11) is 1.57. The number of ether oxygens (including phenoxy) is 1. The first-order valence-electron chi connectivity index (χ1n) is 6.05. The quantitative estimate of drug-likeness (QED) is 0.760. The second kappa shape index (κ2) is 4.61. The van der Waals surface area contributed by atoms with Gasteiger partial charge in [0.25, 0.3) is 0 Å². The zero-order valence-electron chi connectivity index (χ0n) is 10.5. The third-order valence-electron chi connectivity index (χ3n) is 3.12. The summed E-state index contributed by atoms with van der Waals surface area (Å²) in [6.07, 6.45) is 0. The van der Waals surface area contributed by atoms with Gasteiger partial charge in [-0.2, -0.15) is 0 Å². The fraction of sp³-hybridized carbons (Fsp3) is 0.0625. The van der Waals surface area contributed by atoms with Gasteiger partial charge in [0.15, 0.2) is 5.43 Å². The molecule has 3 rings (SSSR count). The molecule has 1 heterocycles. The molecule has 1 aromatic heterocycles. The smallest absolute Gasteiger partial charge is 0.193 e. The fourth-order valence-corrected chi connectivity index (χ4v) is 2.22. The van der Waals surface area contributed by atoms with Gasteiger partial charge in [-0.3, -0.25) is 4.79 Å². The van der Waals surface area contributed by atoms with Crippen LogP contribution in [-0.4, -0.2) is 12.1 Å². The Morgan fingerprint density at radius 3 is 2.53 bits per heavy atom. The summed E-state index contributed by atoms with van der Waals surface area (Å²) < 4.78 is 5.23. The molecule has 1 N–H and O–H groups in total. The summed E-state index contributed by atoms with van der Waals surface area (Å²) in [6.45, 7) is 0. The first-order chi connectivity index (χ1) is 9.29. The Hall–Kier alpha value is -2.55. The largest absolute Gasteiger partial charge is 0.496 e. The fourth-order valence-electron chi connectivity index (χ4n) is 2.22. The van der Waals surface area contributed by atoms with Gasteiger partial charge in [0.2, 0.25) is 0 Å². The van der Waals surface area contributed by atoms with E-state index in [1.807, 2.05) is 42.5 Å². The molecule has 0 amide bonds. The van der Waals surface area contributed by atoms with Crippen molar-refractivity contribution >= 4 is 10.9 Å². The number of nitrogens with one attached hydrogen (secondary N) is 1. The first-order valence-corrected chi connectivity index (χ1v) is 6.05. The summed E-state index contributed by atoms with van der Waals surface area (Å²) in [5.74, 6) is 0.596. The van der Waals surface area contributed by atoms with Crippen molar-refractivity contribution in [2.75, 3.05) is 7.11 Å². The van der Waals surface area contributed by atoms with Crippen LogP contribution >= 0.6 is 0 Å². The van der Waals surface area contributed by atoms with E-state index in [9.17, 15) is 4.79 Å². The van der Waals surface area contributed by atoms with Crippen LogP contribution in [-0.2, 0) is 0 Å². The number of hydrogen-bond donors (Lipinski definition) is 1. The predicted octanol–water partition coefficient (Wildman–Crippen LogP) is 3.20. The second-order valence-electron chi connectivity index (χ2n) is 4.30. The third kappa shape index (κ3) is 1.99. The summed E-state index contributed by atoms with van der Waals surface area (Å²) in [6, 6.07) is 16.9. The zero-order valence-corrected chi connectivity index (χ0v) is 10.5. The normalized spacial score (nSPS) is 10.6. The average molecular weight is 251 g/mol. The van der Waals surface area contributed by atoms with Crippen LogP contribution in [0.25, 0.3) is 22.2 Å². The maximum atomic E-state index is 12.3. The maximum absolute atomic E-state index is 12.3.